The number of amides is 1. The van der Waals surface area contributed by atoms with Gasteiger partial charge in [-0.15, -0.1) is 0 Å². The lowest BCUT2D eigenvalue weighted by Crippen LogP contribution is -2.68. The number of methoxy groups -OCH3 is 1. The first-order valence-electron chi connectivity index (χ1n) is 3.69. The fraction of sp³-hybridized carbons (Fsp3) is 0.714. The van der Waals surface area contributed by atoms with Crippen molar-refractivity contribution in [3.8, 4) is 0 Å². The fourth-order valence-corrected chi connectivity index (χ4v) is 1.36. The van der Waals surface area contributed by atoms with Gasteiger partial charge < -0.3 is 14.7 Å². The molecule has 1 amide bonds. The van der Waals surface area contributed by atoms with E-state index in [2.05, 4.69) is 0 Å². The number of aliphatic carboxylic acids is 1. The van der Waals surface area contributed by atoms with Crippen LogP contribution in [0.5, 0.6) is 0 Å². The zero-order chi connectivity index (χ0) is 9.30. The Morgan fingerprint density at radius 3 is 2.67 bits per heavy atom. The first-order chi connectivity index (χ1) is 5.63. The van der Waals surface area contributed by atoms with Gasteiger partial charge in [-0.3, -0.25) is 4.79 Å². The number of rotatable bonds is 3. The van der Waals surface area contributed by atoms with E-state index in [1.54, 1.807) is 6.92 Å². The molecule has 1 heterocycles. The molecule has 1 rings (SSSR count). The summed E-state index contributed by atoms with van der Waals surface area (Å²) >= 11 is 0. The molecule has 0 aromatic rings. The number of carbonyl (C=O) groups is 2. The standard InChI is InChI=1S/C7H11NO4/c1-3-8-4(7(10)11)5(12-2)6(8)9/h4-5H,3H2,1-2H3,(H,10,11)/t4-,5?/m0/s1. The zero-order valence-corrected chi connectivity index (χ0v) is 6.98. The molecule has 2 atom stereocenters. The summed E-state index contributed by atoms with van der Waals surface area (Å²) in [4.78, 5) is 22.9. The number of β-lactam (4-membered cyclic amide) rings is 1. The van der Waals surface area contributed by atoms with E-state index in [-0.39, 0.29) is 5.91 Å². The van der Waals surface area contributed by atoms with Gasteiger partial charge in [0.1, 0.15) is 0 Å². The van der Waals surface area contributed by atoms with Crippen LogP contribution in [0, 0.1) is 0 Å². The number of nitrogens with zero attached hydrogens (tertiary/aromatic N) is 1. The second-order valence-corrected chi connectivity index (χ2v) is 2.56. The second kappa shape index (κ2) is 3.10. The summed E-state index contributed by atoms with van der Waals surface area (Å²) < 4.78 is 4.73. The van der Waals surface area contributed by atoms with Crippen LogP contribution in [-0.2, 0) is 14.3 Å². The molecule has 0 radical (unpaired) electrons. The smallest absolute Gasteiger partial charge is 0.329 e. The monoisotopic (exact) mass is 173 g/mol. The van der Waals surface area contributed by atoms with Crippen LogP contribution in [0.25, 0.3) is 0 Å². The van der Waals surface area contributed by atoms with Gasteiger partial charge in [-0.1, -0.05) is 0 Å². The molecule has 0 saturated carbocycles. The summed E-state index contributed by atoms with van der Waals surface area (Å²) in [6.07, 6.45) is -0.789. The van der Waals surface area contributed by atoms with Crippen molar-refractivity contribution in [3.63, 3.8) is 0 Å². The molecule has 0 aromatic carbocycles. The Bertz CT molecular complexity index is 201. The third kappa shape index (κ3) is 1.06. The Kier molecular flexibility index (Phi) is 2.32. The molecule has 5 nitrogen and oxygen atoms in total. The van der Waals surface area contributed by atoms with Crippen LogP contribution < -0.4 is 0 Å². The number of likely N-dealkylation sites (tertiary alicyclic amines) is 1. The number of carboxylic acids is 1. The third-order valence-electron chi connectivity index (χ3n) is 2.00. The lowest BCUT2D eigenvalue weighted by Gasteiger charge is -2.42. The van der Waals surface area contributed by atoms with Crippen molar-refractivity contribution in [1.29, 1.82) is 0 Å². The number of likely N-dealkylation sites (N-methyl/N-ethyl adjacent to an activating group) is 1. The Morgan fingerprint density at radius 2 is 2.33 bits per heavy atom. The highest BCUT2D eigenvalue weighted by molar-refractivity contribution is 5.98. The fourth-order valence-electron chi connectivity index (χ4n) is 1.36. The third-order valence-corrected chi connectivity index (χ3v) is 2.00. The van der Waals surface area contributed by atoms with Crippen LogP contribution in [0.1, 0.15) is 6.92 Å². The molecule has 1 aliphatic heterocycles. The van der Waals surface area contributed by atoms with Gasteiger partial charge in [0.15, 0.2) is 12.1 Å². The predicted molar refractivity (Wildman–Crippen MR) is 39.6 cm³/mol. The van der Waals surface area contributed by atoms with Crippen molar-refractivity contribution in [3.05, 3.63) is 0 Å². The second-order valence-electron chi connectivity index (χ2n) is 2.56. The minimum absolute atomic E-state index is 0.243. The molecule has 68 valence electrons. The van der Waals surface area contributed by atoms with Crippen LogP contribution in [0.3, 0.4) is 0 Å². The van der Waals surface area contributed by atoms with E-state index in [0.717, 1.165) is 0 Å². The molecular formula is C7H11NO4. The van der Waals surface area contributed by atoms with E-state index in [1.165, 1.54) is 12.0 Å². The highest BCUT2D eigenvalue weighted by Gasteiger charge is 2.51. The maximum atomic E-state index is 11.1. The maximum absolute atomic E-state index is 11.1. The molecule has 1 fully saturated rings. The molecule has 12 heavy (non-hydrogen) atoms. The first kappa shape index (κ1) is 8.99. The van der Waals surface area contributed by atoms with Crippen molar-refractivity contribution in [2.75, 3.05) is 13.7 Å². The topological polar surface area (TPSA) is 66.8 Å². The zero-order valence-electron chi connectivity index (χ0n) is 6.98. The molecule has 0 aromatic heterocycles. The van der Waals surface area contributed by atoms with Crippen LogP contribution in [-0.4, -0.2) is 47.7 Å². The van der Waals surface area contributed by atoms with Crippen LogP contribution in [0.4, 0.5) is 0 Å². The Hall–Kier alpha value is -1.10. The van der Waals surface area contributed by atoms with Crippen LogP contribution in [0.2, 0.25) is 0 Å². The summed E-state index contributed by atoms with van der Waals surface area (Å²) in [5, 5.41) is 8.68. The van der Waals surface area contributed by atoms with Gasteiger partial charge in [-0.05, 0) is 6.92 Å². The summed E-state index contributed by atoms with van der Waals surface area (Å²) in [6, 6.07) is -0.799. The minimum Gasteiger partial charge on any atom is -0.480 e. The highest BCUT2D eigenvalue weighted by Crippen LogP contribution is 2.21. The van der Waals surface area contributed by atoms with E-state index in [4.69, 9.17) is 9.84 Å². The van der Waals surface area contributed by atoms with Gasteiger partial charge in [-0.25, -0.2) is 4.79 Å². The molecule has 1 unspecified atom stereocenters. The average molecular weight is 173 g/mol. The molecular weight excluding hydrogens is 162 g/mol. The Morgan fingerprint density at radius 1 is 1.75 bits per heavy atom. The number of ether oxygens (including phenoxy) is 1. The average Bonchev–Trinajstić information content (AvgIpc) is 2.01. The number of hydrogen-bond donors (Lipinski definition) is 1. The predicted octanol–water partition coefficient (Wildman–Crippen LogP) is -0.683. The summed E-state index contributed by atoms with van der Waals surface area (Å²) in [5.41, 5.74) is 0. The van der Waals surface area contributed by atoms with E-state index in [9.17, 15) is 9.59 Å². The van der Waals surface area contributed by atoms with Crippen molar-refractivity contribution >= 4 is 11.9 Å². The van der Waals surface area contributed by atoms with Gasteiger partial charge >= 0.3 is 5.97 Å². The minimum atomic E-state index is -1.01. The summed E-state index contributed by atoms with van der Waals surface area (Å²) in [6.45, 7) is 2.15. The van der Waals surface area contributed by atoms with E-state index in [1.807, 2.05) is 0 Å². The number of carbonyl (C=O) groups excluding carboxylic acids is 1. The highest BCUT2D eigenvalue weighted by atomic mass is 16.5. The van der Waals surface area contributed by atoms with Gasteiger partial charge in [0, 0.05) is 13.7 Å². The normalized spacial score (nSPS) is 28.5. The lowest BCUT2D eigenvalue weighted by atomic mass is 9.98. The Balaban J connectivity index is 2.70. The molecule has 0 spiro atoms. The summed E-state index contributed by atoms with van der Waals surface area (Å²) in [5.74, 6) is -1.25. The van der Waals surface area contributed by atoms with Crippen LogP contribution in [0.15, 0.2) is 0 Å². The van der Waals surface area contributed by atoms with E-state index >= 15 is 0 Å². The van der Waals surface area contributed by atoms with Crippen LogP contribution >= 0.6 is 0 Å². The molecule has 5 heteroatoms. The summed E-state index contributed by atoms with van der Waals surface area (Å²) in [7, 11) is 1.34. The largest absolute Gasteiger partial charge is 0.480 e. The number of hydrogen-bond acceptors (Lipinski definition) is 3. The first-order valence-corrected chi connectivity index (χ1v) is 3.69. The van der Waals surface area contributed by atoms with E-state index < -0.39 is 18.1 Å². The maximum Gasteiger partial charge on any atom is 0.329 e. The van der Waals surface area contributed by atoms with Gasteiger partial charge in [0.2, 0.25) is 0 Å². The SMILES string of the molecule is CCN1C(=O)C(OC)[C@H]1C(=O)O. The lowest BCUT2D eigenvalue weighted by molar-refractivity contribution is -0.181. The van der Waals surface area contributed by atoms with Gasteiger partial charge in [-0.2, -0.15) is 0 Å². The van der Waals surface area contributed by atoms with E-state index in [0.29, 0.717) is 6.54 Å². The molecule has 0 aliphatic carbocycles. The van der Waals surface area contributed by atoms with Gasteiger partial charge in [0.25, 0.3) is 5.91 Å². The molecule has 1 saturated heterocycles. The number of carboxylic acid groups (broad SMARTS) is 1. The van der Waals surface area contributed by atoms with Crippen molar-refractivity contribution < 1.29 is 19.4 Å². The molecule has 1 aliphatic rings. The van der Waals surface area contributed by atoms with Gasteiger partial charge in [0.05, 0.1) is 0 Å². The molecule has 1 N–H and O–H groups in total. The Labute approximate surface area is 69.9 Å². The van der Waals surface area contributed by atoms with Crippen molar-refractivity contribution in [2.45, 2.75) is 19.1 Å². The quantitative estimate of drug-likeness (QED) is 0.574. The molecule has 0 bridgehead atoms. The van der Waals surface area contributed by atoms with Crippen molar-refractivity contribution in [1.82, 2.24) is 4.90 Å². The van der Waals surface area contributed by atoms with Crippen molar-refractivity contribution in [2.24, 2.45) is 0 Å².